The molecule has 0 aliphatic carbocycles. The molecule has 0 aliphatic heterocycles. The van der Waals surface area contributed by atoms with Crippen molar-refractivity contribution in [3.63, 3.8) is 0 Å². The van der Waals surface area contributed by atoms with Crippen LogP contribution in [0, 0.1) is 0 Å². The van der Waals surface area contributed by atoms with Gasteiger partial charge in [0, 0.05) is 12.1 Å². The fourth-order valence-electron chi connectivity index (χ4n) is 0.849. The van der Waals surface area contributed by atoms with Gasteiger partial charge in [-0.3, -0.25) is 4.98 Å². The molecule has 0 aliphatic rings. The Kier molecular flexibility index (Phi) is 3.45. The lowest BCUT2D eigenvalue weighted by atomic mass is 10.2. The maximum Gasteiger partial charge on any atom is 0.364 e. The highest BCUT2D eigenvalue weighted by Gasteiger charge is 2.29. The second kappa shape index (κ2) is 4.20. The number of rotatable bonds is 3. The fourth-order valence-corrected chi connectivity index (χ4v) is 1.18. The van der Waals surface area contributed by atoms with Crippen LogP contribution in [0.25, 0.3) is 0 Å². The first-order valence-corrected chi connectivity index (χ1v) is 4.53. The van der Waals surface area contributed by atoms with E-state index >= 15 is 0 Å². The van der Waals surface area contributed by atoms with E-state index in [2.05, 4.69) is 4.98 Å². The van der Waals surface area contributed by atoms with Crippen molar-refractivity contribution in [1.29, 1.82) is 0 Å². The third-order valence-corrected chi connectivity index (χ3v) is 1.88. The van der Waals surface area contributed by atoms with Crippen LogP contribution < -0.4 is 0 Å². The van der Waals surface area contributed by atoms with Crippen molar-refractivity contribution in [2.75, 3.05) is 5.88 Å². The first-order chi connectivity index (χ1) is 6.04. The maximum absolute atomic E-state index is 12.4. The summed E-state index contributed by atoms with van der Waals surface area (Å²) in [6.07, 6.45) is 1.97. The van der Waals surface area contributed by atoms with E-state index in [1.807, 2.05) is 0 Å². The normalized spacial score (nSPS) is 11.7. The summed E-state index contributed by atoms with van der Waals surface area (Å²) in [5.41, 5.74) is 0.382. The minimum atomic E-state index is -3.39. The average Bonchev–Trinajstić information content (AvgIpc) is 2.04. The minimum absolute atomic E-state index is 0.438. The quantitative estimate of drug-likeness (QED) is 0.721. The van der Waals surface area contributed by atoms with Crippen LogP contribution in [0.1, 0.15) is 11.3 Å². The predicted molar refractivity (Wildman–Crippen MR) is 48.4 cm³/mol. The van der Waals surface area contributed by atoms with Gasteiger partial charge in [0.15, 0.2) is 0 Å². The number of hydrogen-bond donors (Lipinski definition) is 0. The first-order valence-electron chi connectivity index (χ1n) is 3.62. The third-order valence-electron chi connectivity index (χ3n) is 1.50. The van der Waals surface area contributed by atoms with Gasteiger partial charge in [-0.25, -0.2) is 0 Å². The van der Waals surface area contributed by atoms with Crippen molar-refractivity contribution in [2.45, 2.75) is 11.8 Å². The molecule has 1 aromatic heterocycles. The Bertz CT molecular complexity index is 268. The van der Waals surface area contributed by atoms with Crippen LogP contribution in [0.3, 0.4) is 0 Å². The molecule has 0 radical (unpaired) electrons. The molecule has 1 nitrogen and oxygen atoms in total. The summed E-state index contributed by atoms with van der Waals surface area (Å²) in [6.45, 7) is 0. The van der Waals surface area contributed by atoms with Crippen LogP contribution in [0.15, 0.2) is 18.3 Å². The van der Waals surface area contributed by atoms with Crippen molar-refractivity contribution >= 4 is 23.2 Å². The molecule has 5 heteroatoms. The number of pyridine rings is 1. The average molecular weight is 226 g/mol. The molecule has 0 spiro atoms. The largest absolute Gasteiger partial charge is 0.364 e. The molecule has 0 N–H and O–H groups in total. The van der Waals surface area contributed by atoms with Gasteiger partial charge in [-0.15, -0.1) is 11.6 Å². The highest BCUT2D eigenvalue weighted by atomic mass is 35.5. The Morgan fingerprint density at radius 1 is 1.38 bits per heavy atom. The van der Waals surface area contributed by atoms with Gasteiger partial charge >= 0.3 is 5.38 Å². The van der Waals surface area contributed by atoms with E-state index in [-0.39, 0.29) is 0 Å². The number of alkyl halides is 4. The van der Waals surface area contributed by atoms with Crippen molar-refractivity contribution in [3.8, 4) is 0 Å². The van der Waals surface area contributed by atoms with E-state index in [1.54, 1.807) is 6.07 Å². The molecule has 0 fully saturated rings. The van der Waals surface area contributed by atoms with Crippen LogP contribution in [0.2, 0.25) is 0 Å². The molecular formula is C8H7Cl2F2N. The SMILES string of the molecule is FC(F)(Cl)c1ccc(CCCl)cn1. The zero-order valence-corrected chi connectivity index (χ0v) is 8.12. The standard InChI is InChI=1S/C8H7Cl2F2N/c9-4-3-6-1-2-7(13-5-6)8(10,11)12/h1-2,5H,3-4H2. The van der Waals surface area contributed by atoms with E-state index in [0.717, 1.165) is 5.56 Å². The smallest absolute Gasteiger partial charge is 0.253 e. The molecule has 0 unspecified atom stereocenters. The number of aromatic nitrogens is 1. The molecule has 0 atom stereocenters. The van der Waals surface area contributed by atoms with E-state index in [1.165, 1.54) is 12.3 Å². The third kappa shape index (κ3) is 3.08. The lowest BCUT2D eigenvalue weighted by Gasteiger charge is -2.06. The Balaban J connectivity index is 2.81. The van der Waals surface area contributed by atoms with Crippen LogP contribution >= 0.6 is 23.2 Å². The molecule has 0 aromatic carbocycles. The highest BCUT2D eigenvalue weighted by Crippen LogP contribution is 2.30. The molecule has 13 heavy (non-hydrogen) atoms. The van der Waals surface area contributed by atoms with Crippen molar-refractivity contribution in [1.82, 2.24) is 4.98 Å². The minimum Gasteiger partial charge on any atom is -0.253 e. The lowest BCUT2D eigenvalue weighted by Crippen LogP contribution is -2.06. The molecule has 72 valence electrons. The molecule has 0 saturated heterocycles. The van der Waals surface area contributed by atoms with Gasteiger partial charge in [-0.2, -0.15) is 8.78 Å². The van der Waals surface area contributed by atoms with Crippen molar-refractivity contribution in [2.24, 2.45) is 0 Å². The second-order valence-electron chi connectivity index (χ2n) is 2.49. The van der Waals surface area contributed by atoms with Crippen molar-refractivity contribution in [3.05, 3.63) is 29.6 Å². The summed E-state index contributed by atoms with van der Waals surface area (Å²) in [5.74, 6) is 0.443. The van der Waals surface area contributed by atoms with Gasteiger partial charge in [-0.05, 0) is 29.7 Å². The maximum atomic E-state index is 12.4. The summed E-state index contributed by atoms with van der Waals surface area (Å²) < 4.78 is 24.9. The molecule has 1 rings (SSSR count). The van der Waals surface area contributed by atoms with Crippen LogP contribution in [-0.4, -0.2) is 10.9 Å². The number of halogens is 4. The van der Waals surface area contributed by atoms with Crippen LogP contribution in [-0.2, 0) is 11.8 Å². The van der Waals surface area contributed by atoms with E-state index in [0.29, 0.717) is 12.3 Å². The second-order valence-corrected chi connectivity index (χ2v) is 3.34. The highest BCUT2D eigenvalue weighted by molar-refractivity contribution is 6.21. The zero-order chi connectivity index (χ0) is 9.90. The van der Waals surface area contributed by atoms with E-state index < -0.39 is 11.1 Å². The molecule has 0 amide bonds. The zero-order valence-electron chi connectivity index (χ0n) is 6.61. The van der Waals surface area contributed by atoms with Crippen LogP contribution in [0.4, 0.5) is 8.78 Å². The molecular weight excluding hydrogens is 219 g/mol. The number of nitrogens with zero attached hydrogens (tertiary/aromatic N) is 1. The van der Waals surface area contributed by atoms with Gasteiger partial charge in [0.25, 0.3) is 0 Å². The predicted octanol–water partition coefficient (Wildman–Crippen LogP) is 3.15. The summed E-state index contributed by atoms with van der Waals surface area (Å²) >= 11 is 10.2. The lowest BCUT2D eigenvalue weighted by molar-refractivity contribution is 0.0900. The van der Waals surface area contributed by atoms with E-state index in [4.69, 9.17) is 23.2 Å². The first kappa shape index (κ1) is 10.7. The number of hydrogen-bond acceptors (Lipinski definition) is 1. The Morgan fingerprint density at radius 2 is 2.08 bits per heavy atom. The fraction of sp³-hybridized carbons (Fsp3) is 0.375. The van der Waals surface area contributed by atoms with Gasteiger partial charge in [0.1, 0.15) is 5.69 Å². The van der Waals surface area contributed by atoms with Gasteiger partial charge in [-0.1, -0.05) is 6.07 Å². The summed E-state index contributed by atoms with van der Waals surface area (Å²) in [7, 11) is 0. The number of aryl methyl sites for hydroxylation is 1. The van der Waals surface area contributed by atoms with E-state index in [9.17, 15) is 8.78 Å². The summed E-state index contributed by atoms with van der Waals surface area (Å²) in [4.78, 5) is 3.53. The Hall–Kier alpha value is -0.410. The molecule has 0 bridgehead atoms. The van der Waals surface area contributed by atoms with Crippen LogP contribution in [0.5, 0.6) is 0 Å². The van der Waals surface area contributed by atoms with Gasteiger partial charge in [0.05, 0.1) is 0 Å². The molecule has 0 saturated carbocycles. The van der Waals surface area contributed by atoms with Crippen molar-refractivity contribution < 1.29 is 8.78 Å². The Morgan fingerprint density at radius 3 is 2.46 bits per heavy atom. The summed E-state index contributed by atoms with van der Waals surface area (Å²) in [6, 6.07) is 2.75. The Labute approximate surface area is 84.7 Å². The molecule has 1 heterocycles. The monoisotopic (exact) mass is 225 g/mol. The molecule has 1 aromatic rings. The summed E-state index contributed by atoms with van der Waals surface area (Å²) in [5, 5.41) is -3.39. The topological polar surface area (TPSA) is 12.9 Å². The van der Waals surface area contributed by atoms with Gasteiger partial charge < -0.3 is 0 Å². The van der Waals surface area contributed by atoms with Gasteiger partial charge in [0.2, 0.25) is 0 Å².